The highest BCUT2D eigenvalue weighted by Gasteiger charge is 2.16. The van der Waals surface area contributed by atoms with E-state index in [1.54, 1.807) is 0 Å². The molecule has 0 atom stereocenters. The lowest BCUT2D eigenvalue weighted by atomic mass is 9.85. The van der Waals surface area contributed by atoms with Crippen molar-refractivity contribution in [1.82, 2.24) is 0 Å². The molecule has 26 heavy (non-hydrogen) atoms. The maximum Gasteiger partial charge on any atom is 0.160 e. The lowest BCUT2D eigenvalue weighted by molar-refractivity contribution is -0.104. The standard InChI is InChI=1S/C23H28N2O/c1-3-4-5-15-25-22-13-10-19(11-14-22)9-12-20-7-6-8-23(18(20)2)21(16-24)17-26/h9-14,17,25H,3-8,15H2,1-2H3/b12-9+,23-21+. The summed E-state index contributed by atoms with van der Waals surface area (Å²) in [7, 11) is 0. The van der Waals surface area contributed by atoms with Crippen LogP contribution in [0.4, 0.5) is 5.69 Å². The maximum absolute atomic E-state index is 11.1. The lowest BCUT2D eigenvalue weighted by Gasteiger charge is -2.19. The number of allylic oxidation sites excluding steroid dienone is 5. The summed E-state index contributed by atoms with van der Waals surface area (Å²) in [4.78, 5) is 11.1. The van der Waals surface area contributed by atoms with E-state index in [0.29, 0.717) is 6.29 Å². The Morgan fingerprint density at radius 1 is 1.19 bits per heavy atom. The predicted octanol–water partition coefficient (Wildman–Crippen LogP) is 5.82. The van der Waals surface area contributed by atoms with Crippen molar-refractivity contribution in [3.05, 3.63) is 58.2 Å². The molecule has 0 aliphatic heterocycles. The van der Waals surface area contributed by atoms with Gasteiger partial charge in [-0.1, -0.05) is 44.1 Å². The highest BCUT2D eigenvalue weighted by Crippen LogP contribution is 2.32. The normalized spacial score (nSPS) is 16.5. The summed E-state index contributed by atoms with van der Waals surface area (Å²) in [6.45, 7) is 5.24. The smallest absolute Gasteiger partial charge is 0.160 e. The van der Waals surface area contributed by atoms with Gasteiger partial charge in [-0.2, -0.15) is 5.26 Å². The number of nitrogens with zero attached hydrogens (tertiary/aromatic N) is 1. The number of hydrogen-bond acceptors (Lipinski definition) is 3. The van der Waals surface area contributed by atoms with Gasteiger partial charge in [-0.05, 0) is 67.0 Å². The zero-order chi connectivity index (χ0) is 18.8. The summed E-state index contributed by atoms with van der Waals surface area (Å²) >= 11 is 0. The Hall–Kier alpha value is -2.60. The van der Waals surface area contributed by atoms with Gasteiger partial charge in [0, 0.05) is 12.2 Å². The minimum absolute atomic E-state index is 0.270. The van der Waals surface area contributed by atoms with Crippen LogP contribution in [0.3, 0.4) is 0 Å². The predicted molar refractivity (Wildman–Crippen MR) is 109 cm³/mol. The summed E-state index contributed by atoms with van der Waals surface area (Å²) in [5, 5.41) is 12.6. The second-order valence-corrected chi connectivity index (χ2v) is 6.71. The molecule has 3 nitrogen and oxygen atoms in total. The monoisotopic (exact) mass is 348 g/mol. The highest BCUT2D eigenvalue weighted by molar-refractivity contribution is 5.82. The number of aldehydes is 1. The fourth-order valence-corrected chi connectivity index (χ4v) is 3.25. The molecule has 0 radical (unpaired) electrons. The molecular formula is C23H28N2O. The van der Waals surface area contributed by atoms with Crippen LogP contribution in [0.5, 0.6) is 0 Å². The molecule has 0 fully saturated rings. The molecule has 0 saturated carbocycles. The molecule has 0 bridgehead atoms. The minimum Gasteiger partial charge on any atom is -0.385 e. The zero-order valence-corrected chi connectivity index (χ0v) is 15.8. The first kappa shape index (κ1) is 19.7. The average molecular weight is 348 g/mol. The van der Waals surface area contributed by atoms with Crippen molar-refractivity contribution >= 4 is 18.0 Å². The number of anilines is 1. The second-order valence-electron chi connectivity index (χ2n) is 6.71. The average Bonchev–Trinajstić information content (AvgIpc) is 2.67. The molecule has 1 aromatic rings. The minimum atomic E-state index is 0.270. The van der Waals surface area contributed by atoms with Crippen molar-refractivity contribution in [2.75, 3.05) is 11.9 Å². The number of rotatable bonds is 8. The van der Waals surface area contributed by atoms with Gasteiger partial charge < -0.3 is 5.32 Å². The van der Waals surface area contributed by atoms with Crippen molar-refractivity contribution in [2.45, 2.75) is 52.4 Å². The summed E-state index contributed by atoms with van der Waals surface area (Å²) in [6.07, 6.45) is 11.4. The van der Waals surface area contributed by atoms with Crippen LogP contribution in [0.1, 0.15) is 57.9 Å². The van der Waals surface area contributed by atoms with Crippen LogP contribution in [0.15, 0.2) is 52.6 Å². The van der Waals surface area contributed by atoms with E-state index >= 15 is 0 Å². The highest BCUT2D eigenvalue weighted by atomic mass is 16.1. The van der Waals surface area contributed by atoms with Crippen LogP contribution >= 0.6 is 0 Å². The van der Waals surface area contributed by atoms with E-state index in [2.05, 4.69) is 48.7 Å². The fraction of sp³-hybridized carbons (Fsp3) is 0.391. The maximum atomic E-state index is 11.1. The SMILES string of the molecule is CCCCCNc1ccc(/C=C/C2=C(C)C(=C(\C#N)C=O)/CCC2)cc1. The number of benzene rings is 1. The van der Waals surface area contributed by atoms with E-state index in [4.69, 9.17) is 5.26 Å². The van der Waals surface area contributed by atoms with Crippen LogP contribution < -0.4 is 5.32 Å². The van der Waals surface area contributed by atoms with Gasteiger partial charge in [0.2, 0.25) is 0 Å². The largest absolute Gasteiger partial charge is 0.385 e. The summed E-state index contributed by atoms with van der Waals surface area (Å²) < 4.78 is 0. The van der Waals surface area contributed by atoms with Crippen molar-refractivity contribution in [1.29, 1.82) is 5.26 Å². The van der Waals surface area contributed by atoms with E-state index in [0.717, 1.165) is 48.2 Å². The molecule has 1 aliphatic rings. The van der Waals surface area contributed by atoms with Gasteiger partial charge >= 0.3 is 0 Å². The van der Waals surface area contributed by atoms with Crippen molar-refractivity contribution in [3.8, 4) is 6.07 Å². The van der Waals surface area contributed by atoms with Gasteiger partial charge in [-0.3, -0.25) is 4.79 Å². The van der Waals surface area contributed by atoms with E-state index < -0.39 is 0 Å². The fourth-order valence-electron chi connectivity index (χ4n) is 3.25. The zero-order valence-electron chi connectivity index (χ0n) is 15.8. The van der Waals surface area contributed by atoms with Crippen LogP contribution in [-0.2, 0) is 4.79 Å². The van der Waals surface area contributed by atoms with Gasteiger partial charge in [0.25, 0.3) is 0 Å². The number of carbonyl (C=O) groups excluding carboxylic acids is 1. The molecule has 1 aromatic carbocycles. The van der Waals surface area contributed by atoms with Crippen LogP contribution in [0.25, 0.3) is 6.08 Å². The van der Waals surface area contributed by atoms with E-state index in [9.17, 15) is 4.79 Å². The van der Waals surface area contributed by atoms with Gasteiger partial charge in [-0.25, -0.2) is 0 Å². The van der Waals surface area contributed by atoms with Gasteiger partial charge in [0.15, 0.2) is 6.29 Å². The van der Waals surface area contributed by atoms with Crippen molar-refractivity contribution in [3.63, 3.8) is 0 Å². The first-order valence-electron chi connectivity index (χ1n) is 9.50. The second kappa shape index (κ2) is 10.4. The summed E-state index contributed by atoms with van der Waals surface area (Å²) in [5.41, 5.74) is 5.76. The number of unbranched alkanes of at least 4 members (excludes halogenated alkanes) is 2. The molecule has 3 heteroatoms. The third kappa shape index (κ3) is 5.46. The molecule has 0 saturated heterocycles. The molecule has 0 unspecified atom stereocenters. The molecule has 0 heterocycles. The summed E-state index contributed by atoms with van der Waals surface area (Å²) in [6, 6.07) is 10.5. The molecule has 0 spiro atoms. The quantitative estimate of drug-likeness (QED) is 0.279. The Morgan fingerprint density at radius 3 is 2.62 bits per heavy atom. The van der Waals surface area contributed by atoms with Crippen molar-refractivity contribution < 1.29 is 4.79 Å². The Kier molecular flexibility index (Phi) is 7.89. The first-order valence-corrected chi connectivity index (χ1v) is 9.50. The van der Waals surface area contributed by atoms with E-state index in [-0.39, 0.29) is 5.57 Å². The first-order chi connectivity index (χ1) is 12.7. The Balaban J connectivity index is 2.07. The van der Waals surface area contributed by atoms with Gasteiger partial charge in [-0.15, -0.1) is 0 Å². The lowest BCUT2D eigenvalue weighted by Crippen LogP contribution is -2.03. The Bertz CT molecular complexity index is 745. The molecule has 0 amide bonds. The van der Waals surface area contributed by atoms with Crippen LogP contribution in [0.2, 0.25) is 0 Å². The molecule has 136 valence electrons. The number of nitriles is 1. The van der Waals surface area contributed by atoms with Gasteiger partial charge in [0.1, 0.15) is 6.07 Å². The number of hydrogen-bond donors (Lipinski definition) is 1. The van der Waals surface area contributed by atoms with Crippen LogP contribution in [-0.4, -0.2) is 12.8 Å². The Morgan fingerprint density at radius 2 is 1.96 bits per heavy atom. The Labute approximate surface area is 157 Å². The molecule has 0 aromatic heterocycles. The third-order valence-corrected chi connectivity index (χ3v) is 4.87. The van der Waals surface area contributed by atoms with Crippen LogP contribution in [0, 0.1) is 11.3 Å². The van der Waals surface area contributed by atoms with E-state index in [1.165, 1.54) is 24.8 Å². The third-order valence-electron chi connectivity index (χ3n) is 4.87. The topological polar surface area (TPSA) is 52.9 Å². The molecule has 1 N–H and O–H groups in total. The van der Waals surface area contributed by atoms with Gasteiger partial charge in [0.05, 0.1) is 5.57 Å². The van der Waals surface area contributed by atoms with E-state index in [1.807, 2.05) is 13.0 Å². The van der Waals surface area contributed by atoms with Crippen molar-refractivity contribution in [2.24, 2.45) is 0 Å². The molecule has 1 aliphatic carbocycles. The molecule has 2 rings (SSSR count). The molecular weight excluding hydrogens is 320 g/mol. The number of nitrogens with one attached hydrogen (secondary N) is 1. The summed E-state index contributed by atoms with van der Waals surface area (Å²) in [5.74, 6) is 0. The number of carbonyl (C=O) groups is 1.